The number of sulfonamides is 1. The van der Waals surface area contributed by atoms with Gasteiger partial charge in [-0.05, 0) is 35.9 Å². The lowest BCUT2D eigenvalue weighted by Gasteiger charge is -2.13. The van der Waals surface area contributed by atoms with E-state index in [1.54, 1.807) is 12.1 Å². The molecule has 1 aromatic heterocycles. The van der Waals surface area contributed by atoms with E-state index in [2.05, 4.69) is 9.71 Å². The van der Waals surface area contributed by atoms with Gasteiger partial charge in [-0.2, -0.15) is 13.2 Å². The van der Waals surface area contributed by atoms with E-state index in [1.807, 2.05) is 30.3 Å². The number of benzene rings is 3. The number of halogens is 3. The van der Waals surface area contributed by atoms with Gasteiger partial charge < -0.3 is 9.72 Å². The van der Waals surface area contributed by atoms with Crippen LogP contribution in [0.15, 0.2) is 88.6 Å². The number of aromatic amines is 1. The molecule has 0 aliphatic rings. The molecule has 6 nitrogen and oxygen atoms in total. The van der Waals surface area contributed by atoms with Crippen molar-refractivity contribution in [2.24, 2.45) is 0 Å². The molecule has 0 radical (unpaired) electrons. The monoisotopic (exact) mass is 474 g/mol. The summed E-state index contributed by atoms with van der Waals surface area (Å²) in [5.74, 6) is 0.412. The van der Waals surface area contributed by atoms with Gasteiger partial charge >= 0.3 is 6.18 Å². The molecule has 0 aliphatic carbocycles. The summed E-state index contributed by atoms with van der Waals surface area (Å²) in [6.45, 7) is 0.278. The molecule has 1 heterocycles. The first-order valence-electron chi connectivity index (χ1n) is 9.66. The first-order chi connectivity index (χ1) is 15.6. The van der Waals surface area contributed by atoms with Crippen molar-refractivity contribution in [3.8, 4) is 5.75 Å². The molecule has 33 heavy (non-hydrogen) atoms. The second-order valence-electron chi connectivity index (χ2n) is 7.16. The summed E-state index contributed by atoms with van der Waals surface area (Å²) < 4.78 is 73.9. The molecule has 4 rings (SSSR count). The highest BCUT2D eigenvalue weighted by atomic mass is 32.2. The van der Waals surface area contributed by atoms with Crippen molar-refractivity contribution >= 4 is 26.6 Å². The molecule has 0 saturated carbocycles. The number of fused-ring (bicyclic) bond motifs is 1. The predicted octanol–water partition coefficient (Wildman–Crippen LogP) is 4.93. The molecule has 0 unspecified atom stereocenters. The normalized spacial score (nSPS) is 12.0. The summed E-state index contributed by atoms with van der Waals surface area (Å²) in [5, 5.41) is -0.426. The Labute approximate surface area is 186 Å². The van der Waals surface area contributed by atoms with Crippen molar-refractivity contribution in [1.82, 2.24) is 4.98 Å². The maximum absolute atomic E-state index is 13.4. The van der Waals surface area contributed by atoms with Crippen LogP contribution in [-0.4, -0.2) is 13.4 Å². The van der Waals surface area contributed by atoms with Crippen molar-refractivity contribution in [2.45, 2.75) is 17.7 Å². The zero-order valence-corrected chi connectivity index (χ0v) is 17.7. The maximum Gasteiger partial charge on any atom is 0.417 e. The van der Waals surface area contributed by atoms with E-state index in [-0.39, 0.29) is 22.7 Å². The van der Waals surface area contributed by atoms with Gasteiger partial charge in [-0.1, -0.05) is 36.4 Å². The number of aromatic nitrogens is 1. The van der Waals surface area contributed by atoms with Gasteiger partial charge in [-0.15, -0.1) is 0 Å². The van der Waals surface area contributed by atoms with Crippen LogP contribution in [0, 0.1) is 0 Å². The zero-order chi connectivity index (χ0) is 23.6. The van der Waals surface area contributed by atoms with Crippen molar-refractivity contribution in [3.63, 3.8) is 0 Å². The van der Waals surface area contributed by atoms with Crippen molar-refractivity contribution in [3.05, 3.63) is 100 Å². The third-order valence-corrected chi connectivity index (χ3v) is 6.14. The van der Waals surface area contributed by atoms with Crippen LogP contribution in [0.5, 0.6) is 5.75 Å². The Balaban J connectivity index is 1.61. The van der Waals surface area contributed by atoms with Crippen molar-refractivity contribution in [2.75, 3.05) is 4.72 Å². The predicted molar refractivity (Wildman–Crippen MR) is 118 cm³/mol. The molecule has 0 spiro atoms. The Hall–Kier alpha value is -3.79. The third-order valence-electron chi connectivity index (χ3n) is 4.76. The highest BCUT2D eigenvalue weighted by Gasteiger charge is 2.33. The summed E-state index contributed by atoms with van der Waals surface area (Å²) in [5.41, 5.74) is -1.16. The molecular formula is C23H17F3N2O4S. The molecule has 170 valence electrons. The molecule has 10 heteroatoms. The van der Waals surface area contributed by atoms with Crippen LogP contribution >= 0.6 is 0 Å². The summed E-state index contributed by atoms with van der Waals surface area (Å²) in [6.07, 6.45) is -4.83. The smallest absolute Gasteiger partial charge is 0.417 e. The van der Waals surface area contributed by atoms with Gasteiger partial charge in [0.25, 0.3) is 10.0 Å². The lowest BCUT2D eigenvalue weighted by Crippen LogP contribution is -2.16. The number of hydrogen-bond acceptors (Lipinski definition) is 4. The standard InChI is InChI=1S/C23H17F3N2O4S/c24-23(25,26)20-13-22(29)27-21-10-9-18(12-19(20)21)33(30,31)28-16-7-4-8-17(11-16)32-14-15-5-2-1-3-6-15/h1-13,28H,14H2,(H,27,29). The Kier molecular flexibility index (Phi) is 5.86. The fourth-order valence-electron chi connectivity index (χ4n) is 3.24. The number of H-pyrrole nitrogens is 1. The quantitative estimate of drug-likeness (QED) is 0.415. The van der Waals surface area contributed by atoms with Crippen LogP contribution in [0.2, 0.25) is 0 Å². The van der Waals surface area contributed by atoms with E-state index in [0.29, 0.717) is 11.8 Å². The molecule has 0 atom stereocenters. The molecule has 2 N–H and O–H groups in total. The fourth-order valence-corrected chi connectivity index (χ4v) is 4.31. The second-order valence-corrected chi connectivity index (χ2v) is 8.84. The lowest BCUT2D eigenvalue weighted by atomic mass is 10.1. The van der Waals surface area contributed by atoms with Gasteiger partial charge in [-0.3, -0.25) is 9.52 Å². The lowest BCUT2D eigenvalue weighted by molar-refractivity contribution is -0.136. The molecule has 4 aromatic rings. The Bertz CT molecular complexity index is 1470. The number of alkyl halides is 3. The summed E-state index contributed by atoms with van der Waals surface area (Å²) in [6, 6.07) is 19.1. The Morgan fingerprint density at radius 1 is 0.909 bits per heavy atom. The number of rotatable bonds is 6. The zero-order valence-electron chi connectivity index (χ0n) is 16.9. The summed E-state index contributed by atoms with van der Waals surface area (Å²) >= 11 is 0. The minimum atomic E-state index is -4.83. The molecule has 0 fully saturated rings. The first kappa shape index (κ1) is 22.4. The van der Waals surface area contributed by atoms with Gasteiger partial charge in [0.2, 0.25) is 5.56 Å². The van der Waals surface area contributed by atoms with Gasteiger partial charge in [0, 0.05) is 23.0 Å². The van der Waals surface area contributed by atoms with Gasteiger partial charge in [-0.25, -0.2) is 8.42 Å². The van der Waals surface area contributed by atoms with Gasteiger partial charge in [0.1, 0.15) is 12.4 Å². The average Bonchev–Trinajstić information content (AvgIpc) is 2.77. The molecule has 0 amide bonds. The van der Waals surface area contributed by atoms with Crippen molar-refractivity contribution in [1.29, 1.82) is 0 Å². The second kappa shape index (κ2) is 8.62. The molecule has 0 aliphatic heterocycles. The highest BCUT2D eigenvalue weighted by molar-refractivity contribution is 7.92. The number of nitrogens with one attached hydrogen (secondary N) is 2. The SMILES string of the molecule is O=c1cc(C(F)(F)F)c2cc(S(=O)(=O)Nc3cccc(OCc4ccccc4)c3)ccc2[nH]1. The van der Waals surface area contributed by atoms with Crippen LogP contribution < -0.4 is 15.0 Å². The molecular weight excluding hydrogens is 457 g/mol. The van der Waals surface area contributed by atoms with Crippen LogP contribution in [0.25, 0.3) is 10.9 Å². The minimum Gasteiger partial charge on any atom is -0.489 e. The molecule has 0 saturated heterocycles. The minimum absolute atomic E-state index is 0.120. The van der Waals surface area contributed by atoms with Crippen LogP contribution in [0.4, 0.5) is 18.9 Å². The van der Waals surface area contributed by atoms with E-state index >= 15 is 0 Å². The number of pyridine rings is 1. The first-order valence-corrected chi connectivity index (χ1v) is 11.1. The summed E-state index contributed by atoms with van der Waals surface area (Å²) in [4.78, 5) is 13.4. The van der Waals surface area contributed by atoms with E-state index in [1.165, 1.54) is 12.1 Å². The Morgan fingerprint density at radius 2 is 1.67 bits per heavy atom. The third kappa shape index (κ3) is 5.17. The summed E-state index contributed by atoms with van der Waals surface area (Å²) in [7, 11) is -4.23. The largest absolute Gasteiger partial charge is 0.489 e. The Morgan fingerprint density at radius 3 is 2.39 bits per heavy atom. The number of ether oxygens (including phenoxy) is 1. The number of anilines is 1. The topological polar surface area (TPSA) is 88.3 Å². The van der Waals surface area contributed by atoms with Gasteiger partial charge in [0.15, 0.2) is 0 Å². The van der Waals surface area contributed by atoms with E-state index in [9.17, 15) is 26.4 Å². The van der Waals surface area contributed by atoms with Crippen LogP contribution in [-0.2, 0) is 22.8 Å². The molecule has 0 bridgehead atoms. The van der Waals surface area contributed by atoms with Crippen LogP contribution in [0.3, 0.4) is 0 Å². The van der Waals surface area contributed by atoms with E-state index in [4.69, 9.17) is 4.74 Å². The van der Waals surface area contributed by atoms with Crippen molar-refractivity contribution < 1.29 is 26.3 Å². The average molecular weight is 474 g/mol. The van der Waals surface area contributed by atoms with Crippen LogP contribution in [0.1, 0.15) is 11.1 Å². The fraction of sp³-hybridized carbons (Fsp3) is 0.0870. The highest BCUT2D eigenvalue weighted by Crippen LogP contribution is 2.34. The van der Waals surface area contributed by atoms with Gasteiger partial charge in [0.05, 0.1) is 16.1 Å². The maximum atomic E-state index is 13.4. The molecule has 3 aromatic carbocycles. The number of hydrogen-bond donors (Lipinski definition) is 2. The van der Waals surface area contributed by atoms with E-state index < -0.39 is 32.7 Å². The van der Waals surface area contributed by atoms with E-state index in [0.717, 1.165) is 23.8 Å².